The molecule has 0 amide bonds. The van der Waals surface area contributed by atoms with E-state index < -0.39 is 0 Å². The number of nitrogens with zero attached hydrogens (tertiary/aromatic N) is 2. The summed E-state index contributed by atoms with van der Waals surface area (Å²) in [5, 5.41) is 12.1. The van der Waals surface area contributed by atoms with Gasteiger partial charge in [0.05, 0.1) is 5.71 Å². The molecule has 3 nitrogen and oxygen atoms in total. The van der Waals surface area contributed by atoms with Gasteiger partial charge in [0.15, 0.2) is 0 Å². The van der Waals surface area contributed by atoms with Crippen LogP contribution >= 0.6 is 0 Å². The van der Waals surface area contributed by atoms with E-state index in [1.165, 1.54) is 19.3 Å². The van der Waals surface area contributed by atoms with Crippen LogP contribution in [-0.4, -0.2) is 36.5 Å². The first-order valence-corrected chi connectivity index (χ1v) is 4.59. The smallest absolute Gasteiger partial charge is 0.0614 e. The van der Waals surface area contributed by atoms with Crippen molar-refractivity contribution in [3.8, 4) is 0 Å². The molecule has 3 heteroatoms. The number of oxime groups is 1. The molecule has 0 aromatic carbocycles. The lowest BCUT2D eigenvalue weighted by molar-refractivity contribution is 0.295. The van der Waals surface area contributed by atoms with Crippen molar-refractivity contribution in [1.82, 2.24) is 4.90 Å². The number of rotatable bonds is 2. The molecule has 1 aliphatic rings. The van der Waals surface area contributed by atoms with Crippen molar-refractivity contribution in [2.45, 2.75) is 25.7 Å². The summed E-state index contributed by atoms with van der Waals surface area (Å²) in [7, 11) is 4.12. The molecular formula is C9H18N2O. The van der Waals surface area contributed by atoms with Gasteiger partial charge in [0.1, 0.15) is 0 Å². The van der Waals surface area contributed by atoms with Crippen molar-refractivity contribution < 1.29 is 5.21 Å². The van der Waals surface area contributed by atoms with E-state index in [1.54, 1.807) is 0 Å². The molecule has 1 saturated carbocycles. The van der Waals surface area contributed by atoms with E-state index in [1.807, 2.05) is 0 Å². The summed E-state index contributed by atoms with van der Waals surface area (Å²) in [4.78, 5) is 2.15. The van der Waals surface area contributed by atoms with Gasteiger partial charge in [0.25, 0.3) is 0 Å². The molecule has 0 bridgehead atoms. The second-order valence-corrected chi connectivity index (χ2v) is 3.80. The molecule has 1 N–H and O–H groups in total. The van der Waals surface area contributed by atoms with Crippen LogP contribution in [0.2, 0.25) is 0 Å². The molecule has 1 rings (SSSR count). The SMILES string of the molecule is CN(C)C[C@@H]1CCCC/C1=N\O. The second-order valence-electron chi connectivity index (χ2n) is 3.80. The molecular weight excluding hydrogens is 152 g/mol. The Labute approximate surface area is 74.1 Å². The first kappa shape index (κ1) is 9.52. The fourth-order valence-corrected chi connectivity index (χ4v) is 1.84. The highest BCUT2D eigenvalue weighted by molar-refractivity contribution is 5.87. The monoisotopic (exact) mass is 170 g/mol. The van der Waals surface area contributed by atoms with Crippen LogP contribution in [0.3, 0.4) is 0 Å². The summed E-state index contributed by atoms with van der Waals surface area (Å²) in [5.74, 6) is 0.485. The maximum Gasteiger partial charge on any atom is 0.0614 e. The maximum absolute atomic E-state index is 8.74. The predicted molar refractivity (Wildman–Crippen MR) is 49.7 cm³/mol. The first-order chi connectivity index (χ1) is 5.74. The minimum absolute atomic E-state index is 0.485. The van der Waals surface area contributed by atoms with E-state index in [-0.39, 0.29) is 0 Å². The largest absolute Gasteiger partial charge is 0.411 e. The van der Waals surface area contributed by atoms with E-state index in [0.717, 1.165) is 18.7 Å². The lowest BCUT2D eigenvalue weighted by atomic mass is 9.87. The number of hydrogen-bond donors (Lipinski definition) is 1. The quantitative estimate of drug-likeness (QED) is 0.504. The Kier molecular flexibility index (Phi) is 3.53. The summed E-state index contributed by atoms with van der Waals surface area (Å²) in [6.45, 7) is 1.01. The molecule has 0 aromatic heterocycles. The molecule has 0 unspecified atom stereocenters. The van der Waals surface area contributed by atoms with E-state index in [2.05, 4.69) is 24.2 Å². The molecule has 1 atom stereocenters. The molecule has 12 heavy (non-hydrogen) atoms. The van der Waals surface area contributed by atoms with Gasteiger partial charge in [-0.05, 0) is 33.4 Å². The molecule has 0 spiro atoms. The summed E-state index contributed by atoms with van der Waals surface area (Å²) >= 11 is 0. The maximum atomic E-state index is 8.74. The van der Waals surface area contributed by atoms with Crippen molar-refractivity contribution in [1.29, 1.82) is 0 Å². The zero-order chi connectivity index (χ0) is 8.97. The van der Waals surface area contributed by atoms with Crippen molar-refractivity contribution in [3.05, 3.63) is 0 Å². The topological polar surface area (TPSA) is 35.8 Å². The molecule has 0 aromatic rings. The van der Waals surface area contributed by atoms with Crippen LogP contribution in [-0.2, 0) is 0 Å². The van der Waals surface area contributed by atoms with Gasteiger partial charge in [-0.25, -0.2) is 0 Å². The van der Waals surface area contributed by atoms with Crippen LogP contribution in [0.5, 0.6) is 0 Å². The van der Waals surface area contributed by atoms with Gasteiger partial charge in [-0.1, -0.05) is 11.6 Å². The summed E-state index contributed by atoms with van der Waals surface area (Å²) < 4.78 is 0. The van der Waals surface area contributed by atoms with Crippen molar-refractivity contribution >= 4 is 5.71 Å². The molecule has 1 fully saturated rings. The Balaban J connectivity index is 2.48. The fourth-order valence-electron chi connectivity index (χ4n) is 1.84. The Morgan fingerprint density at radius 1 is 1.50 bits per heavy atom. The first-order valence-electron chi connectivity index (χ1n) is 4.59. The van der Waals surface area contributed by atoms with Crippen LogP contribution in [0.4, 0.5) is 0 Å². The van der Waals surface area contributed by atoms with Crippen LogP contribution < -0.4 is 0 Å². The number of hydrogen-bond acceptors (Lipinski definition) is 3. The Morgan fingerprint density at radius 2 is 2.25 bits per heavy atom. The van der Waals surface area contributed by atoms with E-state index >= 15 is 0 Å². The molecule has 1 aliphatic carbocycles. The summed E-state index contributed by atoms with van der Waals surface area (Å²) in [6.07, 6.45) is 4.62. The standard InChI is InChI=1S/C9H18N2O/c1-11(2)7-8-5-3-4-6-9(8)10-12/h8,12H,3-7H2,1-2H3/b10-9+/t8-/m0/s1. The fraction of sp³-hybridized carbons (Fsp3) is 0.889. The van der Waals surface area contributed by atoms with Gasteiger partial charge >= 0.3 is 0 Å². The van der Waals surface area contributed by atoms with Crippen LogP contribution in [0.1, 0.15) is 25.7 Å². The highest BCUT2D eigenvalue weighted by Gasteiger charge is 2.21. The molecule has 70 valence electrons. The van der Waals surface area contributed by atoms with Crippen molar-refractivity contribution in [2.75, 3.05) is 20.6 Å². The Morgan fingerprint density at radius 3 is 2.83 bits per heavy atom. The minimum atomic E-state index is 0.485. The van der Waals surface area contributed by atoms with Crippen molar-refractivity contribution in [2.24, 2.45) is 11.1 Å². The second kappa shape index (κ2) is 4.45. The average Bonchev–Trinajstić information content (AvgIpc) is 2.04. The van der Waals surface area contributed by atoms with Crippen molar-refractivity contribution in [3.63, 3.8) is 0 Å². The lowest BCUT2D eigenvalue weighted by Crippen LogP contribution is -2.30. The van der Waals surface area contributed by atoms with E-state index in [4.69, 9.17) is 5.21 Å². The minimum Gasteiger partial charge on any atom is -0.411 e. The Hall–Kier alpha value is -0.570. The zero-order valence-corrected chi connectivity index (χ0v) is 7.95. The van der Waals surface area contributed by atoms with E-state index in [0.29, 0.717) is 5.92 Å². The van der Waals surface area contributed by atoms with Gasteiger partial charge in [-0.2, -0.15) is 0 Å². The lowest BCUT2D eigenvalue weighted by Gasteiger charge is -2.25. The molecule has 0 aliphatic heterocycles. The molecule has 0 heterocycles. The van der Waals surface area contributed by atoms with Gasteiger partial charge < -0.3 is 10.1 Å². The predicted octanol–water partition coefficient (Wildman–Crippen LogP) is 1.57. The van der Waals surface area contributed by atoms with Gasteiger partial charge in [0.2, 0.25) is 0 Å². The van der Waals surface area contributed by atoms with Crippen LogP contribution in [0.25, 0.3) is 0 Å². The third kappa shape index (κ3) is 2.48. The third-order valence-corrected chi connectivity index (χ3v) is 2.42. The van der Waals surface area contributed by atoms with Gasteiger partial charge in [-0.3, -0.25) is 0 Å². The summed E-state index contributed by atoms with van der Waals surface area (Å²) in [6, 6.07) is 0. The van der Waals surface area contributed by atoms with E-state index in [9.17, 15) is 0 Å². The molecule has 0 saturated heterocycles. The summed E-state index contributed by atoms with van der Waals surface area (Å²) in [5.41, 5.74) is 0.995. The molecule has 0 radical (unpaired) electrons. The Bertz CT molecular complexity index is 166. The zero-order valence-electron chi connectivity index (χ0n) is 7.95. The van der Waals surface area contributed by atoms with Crippen LogP contribution in [0.15, 0.2) is 5.16 Å². The van der Waals surface area contributed by atoms with Gasteiger partial charge in [0, 0.05) is 12.5 Å². The highest BCUT2D eigenvalue weighted by atomic mass is 16.4. The normalized spacial score (nSPS) is 28.2. The van der Waals surface area contributed by atoms with Crippen LogP contribution in [0, 0.1) is 5.92 Å². The average molecular weight is 170 g/mol. The third-order valence-electron chi connectivity index (χ3n) is 2.42. The highest BCUT2D eigenvalue weighted by Crippen LogP contribution is 2.21. The van der Waals surface area contributed by atoms with Gasteiger partial charge in [-0.15, -0.1) is 0 Å².